The van der Waals surface area contributed by atoms with Crippen LogP contribution in [0.3, 0.4) is 0 Å². The van der Waals surface area contributed by atoms with E-state index in [2.05, 4.69) is 5.14 Å². The molecule has 0 radical (unpaired) electrons. The van der Waals surface area contributed by atoms with E-state index in [4.69, 9.17) is 0 Å². The summed E-state index contributed by atoms with van der Waals surface area (Å²) in [6, 6.07) is 0. The lowest BCUT2D eigenvalue weighted by atomic mass is 14.0. The van der Waals surface area contributed by atoms with E-state index in [1.165, 1.54) is 8.44 Å². The number of rotatable bonds is 0. The van der Waals surface area contributed by atoms with Crippen LogP contribution in [0.4, 0.5) is 0 Å². The highest BCUT2D eigenvalue weighted by atomic mass is 32.7. The molecule has 0 heterocycles. The van der Waals surface area contributed by atoms with E-state index in [1.54, 1.807) is 0 Å². The maximum absolute atomic E-state index is 9.37. The van der Waals surface area contributed by atoms with Gasteiger partial charge in [0.15, 0.2) is 0 Å². The zero-order valence-corrected chi connectivity index (χ0v) is 4.35. The zero-order chi connectivity index (χ0) is 4.50. The Morgan fingerprint density at radius 3 is 1.60 bits per heavy atom. The Hall–Kier alpha value is 0.340. The lowest BCUT2D eigenvalue weighted by Gasteiger charge is -1.71. The minimum Gasteiger partial charge on any atom is -0.226 e. The van der Waals surface area contributed by atoms with E-state index in [1.807, 2.05) is 0 Å². The van der Waals surface area contributed by atoms with Crippen LogP contribution < -0.4 is 5.14 Å². The van der Waals surface area contributed by atoms with Gasteiger partial charge in [0.25, 0.3) is 0 Å². The summed E-state index contributed by atoms with van der Waals surface area (Å²) in [5.41, 5.74) is 0. The summed E-state index contributed by atoms with van der Waals surface area (Å²) in [6.45, 7) is 0. The van der Waals surface area contributed by atoms with E-state index in [0.29, 0.717) is 0 Å². The quantitative estimate of drug-likeness (QED) is 0.412. The molecule has 3 nitrogen and oxygen atoms in total. The Balaban J connectivity index is 4.06. The first-order valence-electron chi connectivity index (χ1n) is 0.805. The van der Waals surface area contributed by atoms with Gasteiger partial charge in [0, 0.05) is 8.44 Å². The highest BCUT2D eigenvalue weighted by molar-refractivity contribution is 8.36. The molecule has 0 rings (SSSR count). The first kappa shape index (κ1) is 5.34. The van der Waals surface area contributed by atoms with Gasteiger partial charge in [-0.25, -0.2) is 13.6 Å². The number of hydrogen-bond acceptors (Lipinski definition) is 2. The summed E-state index contributed by atoms with van der Waals surface area (Å²) in [4.78, 5) is 0. The van der Waals surface area contributed by atoms with Crippen molar-refractivity contribution in [3.8, 4) is 0 Å². The SMILES string of the molecule is NS(=O)(=O)P. The van der Waals surface area contributed by atoms with E-state index < -0.39 is 9.64 Å². The van der Waals surface area contributed by atoms with Crippen LogP contribution >= 0.6 is 8.44 Å². The van der Waals surface area contributed by atoms with Crippen LogP contribution in [0.1, 0.15) is 0 Å². The fourth-order valence-corrected chi connectivity index (χ4v) is 0. The molecule has 0 spiro atoms. The molecular formula is H4NO2PS. The topological polar surface area (TPSA) is 60.2 Å². The lowest BCUT2D eigenvalue weighted by Crippen LogP contribution is -1.99. The lowest BCUT2D eigenvalue weighted by molar-refractivity contribution is 0.612. The van der Waals surface area contributed by atoms with Gasteiger partial charge in [-0.3, -0.25) is 0 Å². The molecule has 0 aliphatic rings. The average molecular weight is 113 g/mol. The molecule has 0 bridgehead atoms. The smallest absolute Gasteiger partial charge is 0.219 e. The second-order valence-corrected chi connectivity index (χ2v) is 3.74. The van der Waals surface area contributed by atoms with Gasteiger partial charge in [-0.15, -0.1) is 0 Å². The van der Waals surface area contributed by atoms with Gasteiger partial charge in [-0.1, -0.05) is 0 Å². The third kappa shape index (κ3) is 206. The Morgan fingerprint density at radius 1 is 1.60 bits per heavy atom. The molecular weight excluding hydrogens is 109 g/mol. The Labute approximate surface area is 32.6 Å². The standard InChI is InChI=1S/H4NO2PS/c1-5(2,3)4/h4H2,(H2,1,2,3). The van der Waals surface area contributed by atoms with E-state index in [-0.39, 0.29) is 0 Å². The van der Waals surface area contributed by atoms with Crippen LogP contribution in [0.2, 0.25) is 0 Å². The van der Waals surface area contributed by atoms with Crippen LogP contribution in [0, 0.1) is 0 Å². The molecule has 0 amide bonds. The Morgan fingerprint density at radius 2 is 1.60 bits per heavy atom. The molecule has 0 saturated carbocycles. The molecule has 0 aromatic rings. The van der Waals surface area contributed by atoms with E-state index >= 15 is 0 Å². The number of nitrogens with two attached hydrogens (primary N) is 1. The first-order chi connectivity index (χ1) is 2.00. The number of hydrogen-bond donors (Lipinski definition) is 1. The van der Waals surface area contributed by atoms with E-state index in [0.717, 1.165) is 0 Å². The van der Waals surface area contributed by atoms with Crippen molar-refractivity contribution < 1.29 is 8.42 Å². The second-order valence-electron chi connectivity index (χ2n) is 0.589. The summed E-state index contributed by atoms with van der Waals surface area (Å²) in [5, 5.41) is 4.29. The predicted molar refractivity (Wildman–Crippen MR) is 22.8 cm³/mol. The molecule has 1 unspecified atom stereocenters. The second kappa shape index (κ2) is 1.20. The molecule has 0 aromatic heterocycles. The van der Waals surface area contributed by atoms with Gasteiger partial charge in [0.1, 0.15) is 0 Å². The summed E-state index contributed by atoms with van der Waals surface area (Å²) >= 11 is 0. The van der Waals surface area contributed by atoms with Crippen LogP contribution in [0.15, 0.2) is 0 Å². The third-order valence-corrected chi connectivity index (χ3v) is 0. The molecule has 0 aliphatic carbocycles. The molecule has 1 atom stereocenters. The summed E-state index contributed by atoms with van der Waals surface area (Å²) in [5.74, 6) is 0. The molecule has 0 aliphatic heterocycles. The van der Waals surface area contributed by atoms with Gasteiger partial charge in [-0.2, -0.15) is 0 Å². The van der Waals surface area contributed by atoms with Crippen molar-refractivity contribution in [1.82, 2.24) is 0 Å². The Kier molecular flexibility index (Phi) is 1.29. The molecule has 32 valence electrons. The third-order valence-electron chi connectivity index (χ3n) is 0. The molecule has 0 fully saturated rings. The highest BCUT2D eigenvalue weighted by Crippen LogP contribution is 1.84. The normalized spacial score (nSPS) is 11.6. The predicted octanol–water partition coefficient (Wildman–Crippen LogP) is -0.935. The summed E-state index contributed by atoms with van der Waals surface area (Å²) in [7, 11) is -1.78. The van der Waals surface area contributed by atoms with Gasteiger partial charge < -0.3 is 0 Å². The molecule has 2 N–H and O–H groups in total. The van der Waals surface area contributed by atoms with Crippen molar-refractivity contribution >= 4 is 18.1 Å². The van der Waals surface area contributed by atoms with Crippen LogP contribution in [-0.4, -0.2) is 8.42 Å². The molecule has 5 heavy (non-hydrogen) atoms. The molecule has 0 saturated heterocycles. The van der Waals surface area contributed by atoms with Gasteiger partial charge in [0.05, 0.1) is 0 Å². The van der Waals surface area contributed by atoms with Crippen molar-refractivity contribution in [3.05, 3.63) is 0 Å². The molecule has 5 heteroatoms. The minimum absolute atomic E-state index is 1.47. The minimum atomic E-state index is -3.25. The maximum Gasteiger partial charge on any atom is 0.219 e. The van der Waals surface area contributed by atoms with Crippen molar-refractivity contribution in [2.24, 2.45) is 5.14 Å². The fourth-order valence-electron chi connectivity index (χ4n) is 0. The highest BCUT2D eigenvalue weighted by Gasteiger charge is 1.78. The van der Waals surface area contributed by atoms with Gasteiger partial charge >= 0.3 is 0 Å². The Bertz CT molecular complexity index is 92.8. The molecule has 0 aromatic carbocycles. The largest absolute Gasteiger partial charge is 0.226 e. The fraction of sp³-hybridized carbons (Fsp3) is 0. The summed E-state index contributed by atoms with van der Waals surface area (Å²) in [6.07, 6.45) is 0. The van der Waals surface area contributed by atoms with Crippen LogP contribution in [0.5, 0.6) is 0 Å². The maximum atomic E-state index is 9.37. The van der Waals surface area contributed by atoms with Crippen LogP contribution in [-0.2, 0) is 9.64 Å². The summed E-state index contributed by atoms with van der Waals surface area (Å²) < 4.78 is 18.7. The zero-order valence-electron chi connectivity index (χ0n) is 2.38. The van der Waals surface area contributed by atoms with Gasteiger partial charge in [0.2, 0.25) is 9.64 Å². The average Bonchev–Trinajstić information content (AvgIpc) is 0.722. The van der Waals surface area contributed by atoms with E-state index in [9.17, 15) is 8.42 Å². The van der Waals surface area contributed by atoms with Gasteiger partial charge in [-0.05, 0) is 0 Å². The van der Waals surface area contributed by atoms with Crippen molar-refractivity contribution in [2.45, 2.75) is 0 Å². The van der Waals surface area contributed by atoms with Crippen molar-refractivity contribution in [1.29, 1.82) is 0 Å². The van der Waals surface area contributed by atoms with Crippen molar-refractivity contribution in [2.75, 3.05) is 0 Å². The van der Waals surface area contributed by atoms with Crippen LogP contribution in [0.25, 0.3) is 0 Å². The first-order valence-corrected chi connectivity index (χ1v) is 3.83. The monoisotopic (exact) mass is 113 g/mol. The van der Waals surface area contributed by atoms with Crippen molar-refractivity contribution in [3.63, 3.8) is 0 Å².